The fourth-order valence-corrected chi connectivity index (χ4v) is 2.26. The van der Waals surface area contributed by atoms with E-state index in [-0.39, 0.29) is 5.97 Å². The minimum absolute atomic E-state index is 0.319. The molecule has 0 fully saturated rings. The zero-order valence-corrected chi connectivity index (χ0v) is 11.2. The number of rotatable bonds is 2. The highest BCUT2D eigenvalue weighted by atomic mass is 16.5. The van der Waals surface area contributed by atoms with E-state index >= 15 is 0 Å². The Hall–Kier alpha value is -2.55. The fraction of sp³-hybridized carbons (Fsp3) is 0.118. The summed E-state index contributed by atoms with van der Waals surface area (Å²) in [5.74, 6) is 0.269. The molecule has 0 aliphatic carbocycles. The second-order valence-corrected chi connectivity index (χ2v) is 4.71. The van der Waals surface area contributed by atoms with Crippen LogP contribution in [0.1, 0.15) is 15.9 Å². The van der Waals surface area contributed by atoms with Gasteiger partial charge in [0.1, 0.15) is 0 Å². The maximum Gasteiger partial charge on any atom is 0.343 e. The average molecular weight is 265 g/mol. The lowest BCUT2D eigenvalue weighted by atomic mass is 10.1. The summed E-state index contributed by atoms with van der Waals surface area (Å²) in [4.78, 5) is 14.3. The summed E-state index contributed by atoms with van der Waals surface area (Å²) >= 11 is 0. The number of esters is 1. The molecule has 0 radical (unpaired) electrons. The lowest BCUT2D eigenvalue weighted by Gasteiger charge is -2.26. The van der Waals surface area contributed by atoms with Gasteiger partial charge in [0.2, 0.25) is 0 Å². The van der Waals surface area contributed by atoms with E-state index in [1.165, 1.54) is 0 Å². The molecule has 0 spiro atoms. The van der Waals surface area contributed by atoms with Gasteiger partial charge in [-0.25, -0.2) is 4.79 Å². The van der Waals surface area contributed by atoms with Gasteiger partial charge in [0.05, 0.1) is 11.3 Å². The van der Waals surface area contributed by atoms with Crippen LogP contribution in [0.3, 0.4) is 0 Å². The summed E-state index contributed by atoms with van der Waals surface area (Å²) in [5, 5.41) is 0. The molecule has 100 valence electrons. The third-order valence-electron chi connectivity index (χ3n) is 3.33. The predicted octanol–water partition coefficient (Wildman–Crippen LogP) is 3.32. The average Bonchev–Trinajstić information content (AvgIpc) is 2.48. The van der Waals surface area contributed by atoms with E-state index in [0.717, 1.165) is 17.8 Å². The van der Waals surface area contributed by atoms with Gasteiger partial charge in [0.15, 0.2) is 5.76 Å². The van der Waals surface area contributed by atoms with Crippen LogP contribution in [-0.4, -0.2) is 17.4 Å². The molecule has 0 atom stereocenters. The van der Waals surface area contributed by atoms with Crippen LogP contribution in [0.4, 0.5) is 0 Å². The van der Waals surface area contributed by atoms with E-state index in [0.29, 0.717) is 11.3 Å². The van der Waals surface area contributed by atoms with Crippen LogP contribution in [0.5, 0.6) is 0 Å². The van der Waals surface area contributed by atoms with Gasteiger partial charge in [-0.1, -0.05) is 30.4 Å². The van der Waals surface area contributed by atoms with Gasteiger partial charge in [-0.15, -0.1) is 0 Å². The van der Waals surface area contributed by atoms with Crippen LogP contribution in [0.15, 0.2) is 72.3 Å². The van der Waals surface area contributed by atoms with Crippen molar-refractivity contribution < 1.29 is 9.53 Å². The molecule has 0 saturated heterocycles. The molecule has 1 aromatic rings. The van der Waals surface area contributed by atoms with Crippen molar-refractivity contribution in [3.63, 3.8) is 0 Å². The normalized spacial score (nSPS) is 16.4. The molecule has 2 aliphatic heterocycles. The Labute approximate surface area is 118 Å². The minimum Gasteiger partial charge on any atom is -0.421 e. The van der Waals surface area contributed by atoms with Gasteiger partial charge < -0.3 is 9.64 Å². The van der Waals surface area contributed by atoms with Gasteiger partial charge in [0.25, 0.3) is 0 Å². The fourth-order valence-electron chi connectivity index (χ4n) is 2.26. The molecule has 3 nitrogen and oxygen atoms in total. The van der Waals surface area contributed by atoms with Crippen molar-refractivity contribution >= 4 is 5.97 Å². The van der Waals surface area contributed by atoms with Crippen LogP contribution < -0.4 is 0 Å². The van der Waals surface area contributed by atoms with E-state index < -0.39 is 0 Å². The molecule has 0 amide bonds. The SMILES string of the molecule is Cc1ccccc1C(=O)OC1=C2C=CC=CN2CC=C1. The van der Waals surface area contributed by atoms with Gasteiger partial charge in [-0.05, 0) is 36.8 Å². The first kappa shape index (κ1) is 12.5. The monoisotopic (exact) mass is 265 g/mol. The molecular formula is C17H15NO2. The Morgan fingerprint density at radius 2 is 2.05 bits per heavy atom. The smallest absolute Gasteiger partial charge is 0.343 e. The molecule has 20 heavy (non-hydrogen) atoms. The number of nitrogens with zero attached hydrogens (tertiary/aromatic N) is 1. The van der Waals surface area contributed by atoms with Crippen molar-refractivity contribution in [1.29, 1.82) is 0 Å². The van der Waals surface area contributed by atoms with Gasteiger partial charge in [-0.3, -0.25) is 0 Å². The lowest BCUT2D eigenvalue weighted by molar-refractivity contribution is 0.0627. The standard InChI is InChI=1S/C17H15NO2/c1-13-7-2-3-8-14(13)17(19)20-16-10-6-12-18-11-5-4-9-15(16)18/h2-11H,12H2,1H3. The second kappa shape index (κ2) is 5.21. The third-order valence-corrected chi connectivity index (χ3v) is 3.33. The molecule has 3 rings (SSSR count). The molecule has 2 heterocycles. The number of ether oxygens (including phenoxy) is 1. The van der Waals surface area contributed by atoms with Crippen molar-refractivity contribution in [3.8, 4) is 0 Å². The minimum atomic E-state index is -0.319. The molecule has 2 aliphatic rings. The van der Waals surface area contributed by atoms with Crippen LogP contribution in [0.25, 0.3) is 0 Å². The number of hydrogen-bond donors (Lipinski definition) is 0. The van der Waals surface area contributed by atoms with E-state index in [1.54, 1.807) is 6.07 Å². The first-order chi connectivity index (χ1) is 9.75. The maximum atomic E-state index is 12.3. The van der Waals surface area contributed by atoms with Crippen LogP contribution in [0, 0.1) is 6.92 Å². The number of hydrogen-bond acceptors (Lipinski definition) is 3. The highest BCUT2D eigenvalue weighted by Crippen LogP contribution is 2.23. The Balaban J connectivity index is 1.88. The third kappa shape index (κ3) is 2.30. The van der Waals surface area contributed by atoms with Crippen molar-refractivity contribution in [2.45, 2.75) is 6.92 Å². The number of aryl methyl sites for hydroxylation is 1. The van der Waals surface area contributed by atoms with Crippen LogP contribution in [-0.2, 0) is 4.74 Å². The molecule has 0 saturated carbocycles. The number of carbonyl (C=O) groups excluding carboxylic acids is 1. The van der Waals surface area contributed by atoms with Crippen molar-refractivity contribution in [1.82, 2.24) is 4.90 Å². The van der Waals surface area contributed by atoms with E-state index in [9.17, 15) is 4.79 Å². The van der Waals surface area contributed by atoms with E-state index in [1.807, 2.05) is 66.6 Å². The molecule has 0 unspecified atom stereocenters. The highest BCUT2D eigenvalue weighted by molar-refractivity contribution is 5.91. The zero-order chi connectivity index (χ0) is 13.9. The largest absolute Gasteiger partial charge is 0.421 e. The summed E-state index contributed by atoms with van der Waals surface area (Å²) in [6.07, 6.45) is 11.7. The summed E-state index contributed by atoms with van der Waals surface area (Å²) in [6.45, 7) is 2.70. The molecule has 0 bridgehead atoms. The van der Waals surface area contributed by atoms with Crippen molar-refractivity contribution in [2.24, 2.45) is 0 Å². The van der Waals surface area contributed by atoms with Crippen molar-refractivity contribution in [3.05, 3.63) is 83.4 Å². The lowest BCUT2D eigenvalue weighted by Crippen LogP contribution is -2.23. The Kier molecular flexibility index (Phi) is 3.25. The predicted molar refractivity (Wildman–Crippen MR) is 77.7 cm³/mol. The van der Waals surface area contributed by atoms with Gasteiger partial charge >= 0.3 is 5.97 Å². The summed E-state index contributed by atoms with van der Waals surface area (Å²) in [5.41, 5.74) is 2.43. The quantitative estimate of drug-likeness (QED) is 0.768. The number of fused-ring (bicyclic) bond motifs is 1. The molecule has 0 N–H and O–H groups in total. The van der Waals surface area contributed by atoms with Crippen molar-refractivity contribution in [2.75, 3.05) is 6.54 Å². The molecule has 1 aromatic carbocycles. The van der Waals surface area contributed by atoms with Gasteiger partial charge in [-0.2, -0.15) is 0 Å². The van der Waals surface area contributed by atoms with Crippen LogP contribution in [0.2, 0.25) is 0 Å². The zero-order valence-electron chi connectivity index (χ0n) is 11.2. The second-order valence-electron chi connectivity index (χ2n) is 4.71. The van der Waals surface area contributed by atoms with Gasteiger partial charge in [0, 0.05) is 12.7 Å². The number of allylic oxidation sites excluding steroid dienone is 4. The number of carbonyl (C=O) groups is 1. The van der Waals surface area contributed by atoms with Crippen LogP contribution >= 0.6 is 0 Å². The van der Waals surface area contributed by atoms with E-state index in [4.69, 9.17) is 4.74 Å². The summed E-state index contributed by atoms with van der Waals surface area (Å²) in [7, 11) is 0. The topological polar surface area (TPSA) is 29.5 Å². The Morgan fingerprint density at radius 3 is 2.90 bits per heavy atom. The first-order valence-electron chi connectivity index (χ1n) is 6.56. The number of benzene rings is 1. The van der Waals surface area contributed by atoms with E-state index in [2.05, 4.69) is 0 Å². The first-order valence-corrected chi connectivity index (χ1v) is 6.56. The molecule has 0 aromatic heterocycles. The Bertz CT molecular complexity index is 665. The molecular weight excluding hydrogens is 250 g/mol. The summed E-state index contributed by atoms with van der Waals surface area (Å²) < 4.78 is 5.55. The molecule has 3 heteroatoms. The maximum absolute atomic E-state index is 12.3. The highest BCUT2D eigenvalue weighted by Gasteiger charge is 2.19. The Morgan fingerprint density at radius 1 is 1.20 bits per heavy atom. The summed E-state index contributed by atoms with van der Waals surface area (Å²) in [6, 6.07) is 7.43.